The molecule has 2 aliphatic rings. The second kappa shape index (κ2) is 7.24. The van der Waals surface area contributed by atoms with Gasteiger partial charge in [0.15, 0.2) is 5.65 Å². The van der Waals surface area contributed by atoms with E-state index in [0.29, 0.717) is 29.0 Å². The van der Waals surface area contributed by atoms with Gasteiger partial charge in [0.2, 0.25) is 11.8 Å². The topological polar surface area (TPSA) is 157 Å². The molecule has 3 aromatic heterocycles. The minimum absolute atomic E-state index is 0.132. The summed E-state index contributed by atoms with van der Waals surface area (Å²) in [7, 11) is 0. The van der Waals surface area contributed by atoms with Gasteiger partial charge < -0.3 is 20.5 Å². The van der Waals surface area contributed by atoms with Crippen LogP contribution in [0, 0.1) is 5.41 Å². The third kappa shape index (κ3) is 3.56. The maximum Gasteiger partial charge on any atom is 0.326 e. The van der Waals surface area contributed by atoms with Gasteiger partial charge in [0.25, 0.3) is 5.62 Å². The van der Waals surface area contributed by atoms with E-state index >= 15 is 0 Å². The van der Waals surface area contributed by atoms with E-state index in [0.717, 1.165) is 38.5 Å². The lowest BCUT2D eigenvalue weighted by Crippen LogP contribution is -2.32. The van der Waals surface area contributed by atoms with Crippen LogP contribution in [0.2, 0.25) is 0 Å². The third-order valence-electron chi connectivity index (χ3n) is 5.88. The van der Waals surface area contributed by atoms with Crippen LogP contribution < -0.4 is 21.8 Å². The maximum absolute atomic E-state index is 11.4. The molecule has 3 heterocycles. The molecule has 0 amide bonds. The minimum Gasteiger partial charge on any atom is -0.493 e. The molecule has 0 aromatic carbocycles. The highest BCUT2D eigenvalue weighted by atomic mass is 16.3. The predicted octanol–water partition coefficient (Wildman–Crippen LogP) is -0.578. The van der Waals surface area contributed by atoms with Crippen LogP contribution in [0.25, 0.3) is 11.7 Å². The third-order valence-corrected chi connectivity index (χ3v) is 5.88. The zero-order valence-electron chi connectivity index (χ0n) is 16.4. The van der Waals surface area contributed by atoms with E-state index in [1.807, 2.05) is 0 Å². The van der Waals surface area contributed by atoms with Crippen LogP contribution in [0.4, 0.5) is 5.95 Å². The second-order valence-corrected chi connectivity index (χ2v) is 8.25. The first kappa shape index (κ1) is 18.8. The number of fused-ring (bicyclic) bond motifs is 1. The van der Waals surface area contributed by atoms with Gasteiger partial charge in [-0.1, -0.05) is 12.8 Å². The summed E-state index contributed by atoms with van der Waals surface area (Å²) in [5.41, 5.74) is 0.574. The van der Waals surface area contributed by atoms with E-state index in [4.69, 9.17) is 0 Å². The number of imidazole rings is 1. The van der Waals surface area contributed by atoms with E-state index in [1.165, 1.54) is 0 Å². The summed E-state index contributed by atoms with van der Waals surface area (Å²) in [6.45, 7) is 0.717. The van der Waals surface area contributed by atoms with Crippen LogP contribution in [0.5, 0.6) is 5.88 Å². The molecule has 158 valence electrons. The maximum atomic E-state index is 11.4. The quantitative estimate of drug-likeness (QED) is 0.363. The van der Waals surface area contributed by atoms with Crippen molar-refractivity contribution in [3.8, 4) is 5.88 Å². The van der Waals surface area contributed by atoms with Crippen molar-refractivity contribution in [1.82, 2.24) is 29.5 Å². The van der Waals surface area contributed by atoms with Crippen LogP contribution in [0.3, 0.4) is 0 Å². The fourth-order valence-corrected chi connectivity index (χ4v) is 3.94. The SMILES string of the molecule is O=c1[nH]c(O)c(/C=c2\cnn3c(=NC4CC4)nc(NCC4(CO)CCCC4)nc23)[nH]1. The first-order chi connectivity index (χ1) is 14.5. The molecule has 0 saturated heterocycles. The molecule has 0 spiro atoms. The molecule has 5 rings (SSSR count). The number of aliphatic hydroxyl groups excluding tert-OH is 1. The molecule has 0 unspecified atom stereocenters. The molecule has 3 aromatic rings. The zero-order valence-corrected chi connectivity index (χ0v) is 16.4. The monoisotopic (exact) mass is 412 g/mol. The predicted molar refractivity (Wildman–Crippen MR) is 108 cm³/mol. The average molecular weight is 412 g/mol. The van der Waals surface area contributed by atoms with E-state index in [9.17, 15) is 15.0 Å². The summed E-state index contributed by atoms with van der Waals surface area (Å²) < 4.78 is 1.56. The standard InChI is InChI=1S/C19H24N8O3/c28-10-19(5-1-2-6-19)9-20-16-24-14-11(7-13-15(29)25-18(30)23-13)8-21-27(14)17(26-16)22-12-3-4-12/h7-8,12,28-29H,1-6,9-10H2,(H,20,22,26)(H2,23,25,30)/b11-7+. The van der Waals surface area contributed by atoms with Crippen LogP contribution in [-0.2, 0) is 0 Å². The second-order valence-electron chi connectivity index (χ2n) is 8.25. The minimum atomic E-state index is -0.498. The molecular weight excluding hydrogens is 388 g/mol. The molecular formula is C19H24N8O3. The fourth-order valence-electron chi connectivity index (χ4n) is 3.94. The van der Waals surface area contributed by atoms with Crippen molar-refractivity contribution >= 4 is 17.7 Å². The highest BCUT2D eigenvalue weighted by molar-refractivity contribution is 5.57. The van der Waals surface area contributed by atoms with Gasteiger partial charge >= 0.3 is 5.69 Å². The number of aliphatic hydroxyl groups is 1. The van der Waals surface area contributed by atoms with Crippen LogP contribution in [0.1, 0.15) is 44.2 Å². The van der Waals surface area contributed by atoms with Gasteiger partial charge in [-0.2, -0.15) is 19.6 Å². The molecule has 2 fully saturated rings. The highest BCUT2D eigenvalue weighted by Gasteiger charge is 2.33. The number of nitrogens with one attached hydrogen (secondary N) is 3. The van der Waals surface area contributed by atoms with Crippen molar-refractivity contribution in [2.24, 2.45) is 10.4 Å². The number of hydrogen-bond donors (Lipinski definition) is 5. The van der Waals surface area contributed by atoms with Crippen molar-refractivity contribution in [2.75, 3.05) is 18.5 Å². The summed E-state index contributed by atoms with van der Waals surface area (Å²) in [6.07, 6.45) is 9.43. The number of nitrogens with zero attached hydrogens (tertiary/aromatic N) is 5. The van der Waals surface area contributed by atoms with Gasteiger partial charge in [-0.05, 0) is 31.8 Å². The normalized spacial score (nSPS) is 19.8. The van der Waals surface area contributed by atoms with E-state index in [1.54, 1.807) is 16.8 Å². The largest absolute Gasteiger partial charge is 0.493 e. The Kier molecular flexibility index (Phi) is 4.54. The highest BCUT2D eigenvalue weighted by Crippen LogP contribution is 2.37. The summed E-state index contributed by atoms with van der Waals surface area (Å²) in [5.74, 6) is 0.171. The van der Waals surface area contributed by atoms with Gasteiger partial charge in [0, 0.05) is 17.2 Å². The number of rotatable bonds is 6. The Morgan fingerprint density at radius 1 is 1.30 bits per heavy atom. The zero-order chi connectivity index (χ0) is 20.7. The molecule has 0 radical (unpaired) electrons. The summed E-state index contributed by atoms with van der Waals surface area (Å²) in [5, 5.41) is 28.0. The Labute approximate surface area is 170 Å². The molecule has 0 bridgehead atoms. The summed E-state index contributed by atoms with van der Waals surface area (Å²) in [6, 6.07) is 0.247. The molecule has 11 heteroatoms. The van der Waals surface area contributed by atoms with Crippen molar-refractivity contribution in [3.05, 3.63) is 33.2 Å². The van der Waals surface area contributed by atoms with E-state index < -0.39 is 5.69 Å². The van der Waals surface area contributed by atoms with Gasteiger partial charge in [0.1, 0.15) is 5.69 Å². The molecule has 30 heavy (non-hydrogen) atoms. The van der Waals surface area contributed by atoms with Crippen molar-refractivity contribution in [1.29, 1.82) is 0 Å². The lowest BCUT2D eigenvalue weighted by atomic mass is 9.87. The summed E-state index contributed by atoms with van der Waals surface area (Å²) >= 11 is 0. The van der Waals surface area contributed by atoms with Crippen LogP contribution in [-0.4, -0.2) is 59.0 Å². The molecule has 5 N–H and O–H groups in total. The number of aromatic hydroxyl groups is 1. The van der Waals surface area contributed by atoms with Gasteiger partial charge in [-0.25, -0.2) is 9.79 Å². The van der Waals surface area contributed by atoms with Crippen molar-refractivity contribution < 1.29 is 10.2 Å². The lowest BCUT2D eigenvalue weighted by Gasteiger charge is -2.26. The fraction of sp³-hybridized carbons (Fsp3) is 0.526. The molecule has 0 atom stereocenters. The molecule has 2 aliphatic carbocycles. The Bertz CT molecular complexity index is 1250. The average Bonchev–Trinajstić information content (AvgIpc) is 3.12. The van der Waals surface area contributed by atoms with E-state index in [2.05, 4.69) is 35.3 Å². The number of anilines is 1. The molecule has 11 nitrogen and oxygen atoms in total. The van der Waals surface area contributed by atoms with Gasteiger partial charge in [-0.3, -0.25) is 4.98 Å². The first-order valence-electron chi connectivity index (χ1n) is 10.2. The Morgan fingerprint density at radius 3 is 2.77 bits per heavy atom. The molecule has 2 saturated carbocycles. The Balaban J connectivity index is 1.58. The van der Waals surface area contributed by atoms with Crippen molar-refractivity contribution in [2.45, 2.75) is 44.6 Å². The number of aromatic amines is 2. The van der Waals surface area contributed by atoms with Gasteiger partial charge in [-0.15, -0.1) is 0 Å². The van der Waals surface area contributed by atoms with Crippen molar-refractivity contribution in [3.63, 3.8) is 0 Å². The molecule has 0 aliphatic heterocycles. The number of hydrogen-bond acceptors (Lipinski definition) is 8. The first-order valence-corrected chi connectivity index (χ1v) is 10.2. The lowest BCUT2D eigenvalue weighted by molar-refractivity contribution is 0.142. The van der Waals surface area contributed by atoms with E-state index in [-0.39, 0.29) is 29.6 Å². The van der Waals surface area contributed by atoms with Crippen LogP contribution >= 0.6 is 0 Å². The Morgan fingerprint density at radius 2 is 2.10 bits per heavy atom. The van der Waals surface area contributed by atoms with Gasteiger partial charge in [0.05, 0.1) is 18.8 Å². The van der Waals surface area contributed by atoms with Crippen LogP contribution in [0.15, 0.2) is 16.0 Å². The smallest absolute Gasteiger partial charge is 0.326 e. The Hall–Kier alpha value is -3.21. The summed E-state index contributed by atoms with van der Waals surface area (Å²) in [4.78, 5) is 30.0. The number of aromatic nitrogens is 6. The number of H-pyrrole nitrogens is 2.